The van der Waals surface area contributed by atoms with Gasteiger partial charge in [-0.05, 0) is 41.5 Å². The van der Waals surface area contributed by atoms with E-state index in [0.717, 1.165) is 0 Å². The Morgan fingerprint density at radius 2 is 1.16 bits per heavy atom. The van der Waals surface area contributed by atoms with Gasteiger partial charge in [-0.3, -0.25) is 9.59 Å². The van der Waals surface area contributed by atoms with Crippen molar-refractivity contribution >= 4 is 29.7 Å². The summed E-state index contributed by atoms with van der Waals surface area (Å²) in [6, 6.07) is -1.44. The molecule has 12 heteroatoms. The molecule has 2 amide bonds. The molecule has 31 heavy (non-hydrogen) atoms. The minimum atomic E-state index is -1.44. The van der Waals surface area contributed by atoms with Crippen LogP contribution < -0.4 is 10.6 Å². The van der Waals surface area contributed by atoms with Crippen molar-refractivity contribution in [3.63, 3.8) is 0 Å². The van der Waals surface area contributed by atoms with Crippen LogP contribution in [0.1, 0.15) is 41.5 Å². The van der Waals surface area contributed by atoms with Crippen molar-refractivity contribution in [2.45, 2.75) is 58.8 Å². The van der Waals surface area contributed by atoms with Crippen molar-refractivity contribution < 1.29 is 48.0 Å². The first-order valence-corrected chi connectivity index (χ1v) is 9.47. The molecule has 0 aromatic rings. The van der Waals surface area contributed by atoms with Crippen LogP contribution in [0.5, 0.6) is 0 Å². The second kappa shape index (κ2) is 12.8. The average Bonchev–Trinajstić information content (AvgIpc) is 2.54. The molecule has 0 unspecified atom stereocenters. The Morgan fingerprint density at radius 3 is 1.55 bits per heavy atom. The predicted molar refractivity (Wildman–Crippen MR) is 106 cm³/mol. The maximum absolute atomic E-state index is 11.8. The molecule has 0 aromatic carbocycles. The van der Waals surface area contributed by atoms with Crippen LogP contribution in [0.25, 0.3) is 0 Å². The van der Waals surface area contributed by atoms with E-state index in [1.807, 2.05) is 0 Å². The molecule has 1 atom stereocenters. The second-order valence-corrected chi connectivity index (χ2v) is 8.42. The van der Waals surface area contributed by atoms with Crippen LogP contribution in [0.2, 0.25) is 0 Å². The van der Waals surface area contributed by atoms with E-state index in [2.05, 4.69) is 10.6 Å². The first-order chi connectivity index (χ1) is 14.1. The number of carbonyl (C=O) groups is 5. The summed E-state index contributed by atoms with van der Waals surface area (Å²) >= 11 is 0. The van der Waals surface area contributed by atoms with Gasteiger partial charge in [0.05, 0.1) is 0 Å². The number of esters is 2. The van der Waals surface area contributed by atoms with Crippen LogP contribution in [-0.4, -0.2) is 85.0 Å². The Balaban J connectivity index is 4.24. The third kappa shape index (κ3) is 16.7. The third-order valence-corrected chi connectivity index (χ3v) is 2.88. The molecule has 0 radical (unpaired) electrons. The van der Waals surface area contributed by atoms with Crippen LogP contribution in [0.3, 0.4) is 0 Å². The summed E-state index contributed by atoms with van der Waals surface area (Å²) in [7, 11) is 0. The van der Waals surface area contributed by atoms with E-state index in [9.17, 15) is 24.0 Å². The van der Waals surface area contributed by atoms with Gasteiger partial charge in [0.15, 0.2) is 0 Å². The number of rotatable bonds is 12. The summed E-state index contributed by atoms with van der Waals surface area (Å²) in [6.07, 6.45) is 0. The zero-order valence-corrected chi connectivity index (χ0v) is 18.7. The molecule has 0 bridgehead atoms. The fourth-order valence-corrected chi connectivity index (χ4v) is 1.90. The van der Waals surface area contributed by atoms with Gasteiger partial charge in [0, 0.05) is 6.54 Å². The third-order valence-electron chi connectivity index (χ3n) is 2.88. The highest BCUT2D eigenvalue weighted by atomic mass is 16.6. The summed E-state index contributed by atoms with van der Waals surface area (Å²) in [5, 5.41) is 13.6. The number of nitrogens with one attached hydrogen (secondary N) is 2. The van der Waals surface area contributed by atoms with Gasteiger partial charge in [0.2, 0.25) is 11.8 Å². The molecule has 0 aliphatic heterocycles. The largest absolute Gasteiger partial charge is 0.480 e. The Labute approximate surface area is 180 Å². The lowest BCUT2D eigenvalue weighted by molar-refractivity contribution is -0.162. The standard InChI is InChI=1S/C19H32N2O10/c1-18(2,3)30-15(24)10-28-8-13(22)20-7-12(17(26)27)21-14(23)9-29-11-16(25)31-19(4,5)6/h12H,7-11H2,1-6H3,(H,20,22)(H,21,23)(H,26,27)/t12-/m0/s1. The minimum absolute atomic E-state index is 0.429. The Hall–Kier alpha value is -2.73. The highest BCUT2D eigenvalue weighted by Gasteiger charge is 2.22. The van der Waals surface area contributed by atoms with Crippen molar-refractivity contribution in [2.75, 3.05) is 33.0 Å². The number of hydrogen-bond acceptors (Lipinski definition) is 9. The van der Waals surface area contributed by atoms with Gasteiger partial charge in [-0.1, -0.05) is 0 Å². The van der Waals surface area contributed by atoms with Gasteiger partial charge in [0.25, 0.3) is 0 Å². The molecule has 0 saturated carbocycles. The molecule has 0 aromatic heterocycles. The van der Waals surface area contributed by atoms with Crippen LogP contribution in [0, 0.1) is 0 Å². The van der Waals surface area contributed by atoms with Crippen LogP contribution in [0.15, 0.2) is 0 Å². The molecule has 0 aliphatic carbocycles. The maximum Gasteiger partial charge on any atom is 0.332 e. The summed E-state index contributed by atoms with van der Waals surface area (Å²) in [6.45, 7) is 7.63. The van der Waals surface area contributed by atoms with Crippen molar-refractivity contribution in [2.24, 2.45) is 0 Å². The van der Waals surface area contributed by atoms with Crippen molar-refractivity contribution in [3.8, 4) is 0 Å². The monoisotopic (exact) mass is 448 g/mol. The highest BCUT2D eigenvalue weighted by molar-refractivity contribution is 5.85. The Bertz CT molecular complexity index is 649. The number of hydrogen-bond donors (Lipinski definition) is 3. The first kappa shape index (κ1) is 28.3. The van der Waals surface area contributed by atoms with Crippen molar-refractivity contribution in [3.05, 3.63) is 0 Å². The molecule has 3 N–H and O–H groups in total. The van der Waals surface area contributed by atoms with Gasteiger partial charge in [-0.25, -0.2) is 14.4 Å². The molecule has 0 rings (SSSR count). The average molecular weight is 448 g/mol. The topological polar surface area (TPSA) is 167 Å². The summed E-state index contributed by atoms with van der Waals surface area (Å²) in [5.74, 6) is -4.21. The van der Waals surface area contributed by atoms with E-state index < -0.39 is 79.9 Å². The van der Waals surface area contributed by atoms with Gasteiger partial charge in [0.1, 0.15) is 43.7 Å². The van der Waals surface area contributed by atoms with Crippen LogP contribution in [0.4, 0.5) is 0 Å². The lowest BCUT2D eigenvalue weighted by atomic mass is 10.2. The fraction of sp³-hybridized carbons (Fsp3) is 0.737. The Morgan fingerprint density at radius 1 is 0.742 bits per heavy atom. The Kier molecular flexibility index (Phi) is 11.7. The molecular formula is C19H32N2O10. The first-order valence-electron chi connectivity index (χ1n) is 9.47. The number of carboxylic acid groups (broad SMARTS) is 1. The lowest BCUT2D eigenvalue weighted by Gasteiger charge is -2.19. The van der Waals surface area contributed by atoms with Gasteiger partial charge in [-0.15, -0.1) is 0 Å². The smallest absolute Gasteiger partial charge is 0.332 e. The van der Waals surface area contributed by atoms with E-state index >= 15 is 0 Å². The molecule has 178 valence electrons. The summed E-state index contributed by atoms with van der Waals surface area (Å²) in [5.41, 5.74) is -1.39. The van der Waals surface area contributed by atoms with E-state index in [1.54, 1.807) is 41.5 Å². The van der Waals surface area contributed by atoms with Gasteiger partial charge in [-0.2, -0.15) is 0 Å². The summed E-state index contributed by atoms with van der Waals surface area (Å²) < 4.78 is 19.8. The zero-order valence-electron chi connectivity index (χ0n) is 18.7. The van der Waals surface area contributed by atoms with Gasteiger partial charge >= 0.3 is 17.9 Å². The molecule has 0 spiro atoms. The van der Waals surface area contributed by atoms with E-state index in [4.69, 9.17) is 24.1 Å². The predicted octanol–water partition coefficient (Wildman–Crippen LogP) is -0.611. The molecule has 0 saturated heterocycles. The van der Waals surface area contributed by atoms with E-state index in [0.29, 0.717) is 0 Å². The summed E-state index contributed by atoms with van der Waals surface area (Å²) in [4.78, 5) is 57.7. The number of carbonyl (C=O) groups excluding carboxylic acids is 4. The second-order valence-electron chi connectivity index (χ2n) is 8.42. The molecule has 0 fully saturated rings. The van der Waals surface area contributed by atoms with Crippen molar-refractivity contribution in [1.29, 1.82) is 0 Å². The minimum Gasteiger partial charge on any atom is -0.480 e. The quantitative estimate of drug-likeness (QED) is 0.328. The molecule has 0 heterocycles. The normalized spacial score (nSPS) is 12.5. The number of ether oxygens (including phenoxy) is 4. The van der Waals surface area contributed by atoms with E-state index in [1.165, 1.54) is 0 Å². The molecule has 0 aliphatic rings. The highest BCUT2D eigenvalue weighted by Crippen LogP contribution is 2.07. The number of aliphatic carboxylic acids is 1. The molecular weight excluding hydrogens is 416 g/mol. The van der Waals surface area contributed by atoms with E-state index in [-0.39, 0.29) is 0 Å². The number of carboxylic acids is 1. The SMILES string of the molecule is CC(C)(C)OC(=O)COCC(=O)NC[C@H](NC(=O)COCC(=O)OC(C)(C)C)C(=O)O. The fourth-order valence-electron chi connectivity index (χ4n) is 1.90. The van der Waals surface area contributed by atoms with Crippen LogP contribution >= 0.6 is 0 Å². The van der Waals surface area contributed by atoms with Crippen LogP contribution in [-0.2, 0) is 42.9 Å². The molecule has 12 nitrogen and oxygen atoms in total. The lowest BCUT2D eigenvalue weighted by Crippen LogP contribution is -2.50. The van der Waals surface area contributed by atoms with Gasteiger partial charge < -0.3 is 34.7 Å². The van der Waals surface area contributed by atoms with Crippen molar-refractivity contribution in [1.82, 2.24) is 10.6 Å². The maximum atomic E-state index is 11.8. The zero-order chi connectivity index (χ0) is 24.2. The number of amides is 2.